The van der Waals surface area contributed by atoms with Crippen LogP contribution in [0, 0.1) is 0 Å². The molecule has 3 N–H and O–H groups in total. The number of cyclic esters (lactones) is 1. The zero-order valence-electron chi connectivity index (χ0n) is 12.4. The lowest BCUT2D eigenvalue weighted by Gasteiger charge is -2.22. The molecular formula is C16H21N3O3. The van der Waals surface area contributed by atoms with Gasteiger partial charge in [0.05, 0.1) is 6.54 Å². The molecule has 1 heterocycles. The topological polar surface area (TPSA) is 79.5 Å². The third-order valence-corrected chi connectivity index (χ3v) is 4.16. The van der Waals surface area contributed by atoms with Crippen molar-refractivity contribution in [3.05, 3.63) is 29.8 Å². The van der Waals surface area contributed by atoms with Crippen molar-refractivity contribution in [3.8, 4) is 0 Å². The fourth-order valence-electron chi connectivity index (χ4n) is 2.96. The summed E-state index contributed by atoms with van der Waals surface area (Å²) in [5, 5.41) is 8.48. The maximum Gasteiger partial charge on any atom is 0.407 e. The number of anilines is 1. The number of benzene rings is 1. The number of alkyl carbamates (subject to hydrolysis) is 1. The normalized spacial score (nSPS) is 21.8. The van der Waals surface area contributed by atoms with E-state index in [1.165, 1.54) is 19.3 Å². The molecule has 118 valence electrons. The summed E-state index contributed by atoms with van der Waals surface area (Å²) < 4.78 is 5.12. The highest BCUT2D eigenvalue weighted by Crippen LogP contribution is 2.22. The summed E-state index contributed by atoms with van der Waals surface area (Å²) in [4.78, 5) is 23.0. The molecule has 1 aromatic rings. The van der Waals surface area contributed by atoms with Crippen molar-refractivity contribution in [1.29, 1.82) is 0 Å². The first-order valence-electron chi connectivity index (χ1n) is 7.83. The second-order valence-corrected chi connectivity index (χ2v) is 5.83. The lowest BCUT2D eigenvalue weighted by Crippen LogP contribution is -2.39. The molecule has 2 aliphatic rings. The Hall–Kier alpha value is -2.24. The van der Waals surface area contributed by atoms with Crippen LogP contribution in [-0.4, -0.2) is 24.7 Å². The molecule has 6 heteroatoms. The molecule has 1 unspecified atom stereocenters. The van der Waals surface area contributed by atoms with E-state index in [1.807, 2.05) is 24.3 Å². The molecule has 0 radical (unpaired) electrons. The first kappa shape index (κ1) is 14.7. The molecule has 3 rings (SSSR count). The summed E-state index contributed by atoms with van der Waals surface area (Å²) in [6.45, 7) is 0.480. The standard InChI is InChI=1S/C16H21N3O3/c20-15(18-12-4-2-1-3-5-12)19-13-8-6-11(7-9-13)14-10-17-16(21)22-14/h6-9,12,14H,1-5,10H2,(H,17,21)(H2,18,19,20). The van der Waals surface area contributed by atoms with Crippen LogP contribution in [0.15, 0.2) is 24.3 Å². The summed E-state index contributed by atoms with van der Waals surface area (Å²) >= 11 is 0. The van der Waals surface area contributed by atoms with Gasteiger partial charge in [0.2, 0.25) is 0 Å². The lowest BCUT2D eigenvalue weighted by molar-refractivity contribution is 0.141. The lowest BCUT2D eigenvalue weighted by atomic mass is 9.96. The highest BCUT2D eigenvalue weighted by atomic mass is 16.6. The summed E-state index contributed by atoms with van der Waals surface area (Å²) in [5.74, 6) is 0. The molecule has 6 nitrogen and oxygen atoms in total. The molecular weight excluding hydrogens is 282 g/mol. The van der Waals surface area contributed by atoms with Crippen molar-refractivity contribution in [2.45, 2.75) is 44.2 Å². The van der Waals surface area contributed by atoms with Crippen LogP contribution in [0.4, 0.5) is 15.3 Å². The molecule has 1 saturated heterocycles. The number of carbonyl (C=O) groups excluding carboxylic acids is 2. The molecule has 1 saturated carbocycles. The van der Waals surface area contributed by atoms with E-state index in [4.69, 9.17) is 4.74 Å². The number of hydrogen-bond acceptors (Lipinski definition) is 3. The van der Waals surface area contributed by atoms with Crippen LogP contribution in [0.2, 0.25) is 0 Å². The van der Waals surface area contributed by atoms with Gasteiger partial charge in [0, 0.05) is 11.7 Å². The maximum atomic E-state index is 12.0. The Morgan fingerprint density at radius 2 is 1.86 bits per heavy atom. The van der Waals surface area contributed by atoms with Gasteiger partial charge in [-0.15, -0.1) is 0 Å². The molecule has 1 aliphatic carbocycles. The minimum absolute atomic E-state index is 0.159. The van der Waals surface area contributed by atoms with Gasteiger partial charge < -0.3 is 20.7 Å². The second-order valence-electron chi connectivity index (χ2n) is 5.83. The fraction of sp³-hybridized carbons (Fsp3) is 0.500. The molecule has 0 spiro atoms. The molecule has 0 bridgehead atoms. The van der Waals surface area contributed by atoms with Crippen LogP contribution in [0.3, 0.4) is 0 Å². The van der Waals surface area contributed by atoms with Crippen molar-refractivity contribution in [1.82, 2.24) is 10.6 Å². The number of ether oxygens (including phenoxy) is 1. The van der Waals surface area contributed by atoms with Gasteiger partial charge in [-0.25, -0.2) is 9.59 Å². The van der Waals surface area contributed by atoms with Crippen LogP contribution >= 0.6 is 0 Å². The van der Waals surface area contributed by atoms with Gasteiger partial charge in [-0.1, -0.05) is 31.4 Å². The zero-order chi connectivity index (χ0) is 15.4. The van der Waals surface area contributed by atoms with Gasteiger partial charge in [-0.2, -0.15) is 0 Å². The van der Waals surface area contributed by atoms with Gasteiger partial charge in [0.15, 0.2) is 0 Å². The average Bonchev–Trinajstić information content (AvgIpc) is 2.95. The van der Waals surface area contributed by atoms with Crippen molar-refractivity contribution in [3.63, 3.8) is 0 Å². The number of nitrogens with one attached hydrogen (secondary N) is 3. The molecule has 3 amide bonds. The largest absolute Gasteiger partial charge is 0.439 e. The number of carbonyl (C=O) groups is 2. The third kappa shape index (κ3) is 3.69. The summed E-state index contributed by atoms with van der Waals surface area (Å²) in [7, 11) is 0. The van der Waals surface area contributed by atoms with Crippen LogP contribution in [0.1, 0.15) is 43.8 Å². The fourth-order valence-corrected chi connectivity index (χ4v) is 2.96. The van der Waals surface area contributed by atoms with Gasteiger partial charge in [0.25, 0.3) is 0 Å². The van der Waals surface area contributed by atoms with E-state index in [0.717, 1.165) is 24.1 Å². The van der Waals surface area contributed by atoms with Gasteiger partial charge >= 0.3 is 12.1 Å². The highest BCUT2D eigenvalue weighted by Gasteiger charge is 2.24. The summed E-state index contributed by atoms with van der Waals surface area (Å²) in [5.41, 5.74) is 1.64. The molecule has 22 heavy (non-hydrogen) atoms. The maximum absolute atomic E-state index is 12.0. The predicted octanol–water partition coefficient (Wildman–Crippen LogP) is 2.92. The molecule has 0 aromatic heterocycles. The van der Waals surface area contributed by atoms with Gasteiger partial charge in [-0.05, 0) is 30.5 Å². The number of amides is 3. The molecule has 1 aliphatic heterocycles. The van der Waals surface area contributed by atoms with E-state index in [-0.39, 0.29) is 24.3 Å². The third-order valence-electron chi connectivity index (χ3n) is 4.16. The Balaban J connectivity index is 1.52. The Morgan fingerprint density at radius 3 is 2.50 bits per heavy atom. The SMILES string of the molecule is O=C(Nc1ccc(C2CNC(=O)O2)cc1)NC1CCCCC1. The van der Waals surface area contributed by atoms with E-state index >= 15 is 0 Å². The Kier molecular flexibility index (Phi) is 4.46. The van der Waals surface area contributed by atoms with Crippen molar-refractivity contribution in [2.24, 2.45) is 0 Å². The van der Waals surface area contributed by atoms with Crippen LogP contribution in [-0.2, 0) is 4.74 Å². The number of rotatable bonds is 3. The van der Waals surface area contributed by atoms with E-state index in [9.17, 15) is 9.59 Å². The van der Waals surface area contributed by atoms with E-state index in [2.05, 4.69) is 16.0 Å². The molecule has 2 fully saturated rings. The highest BCUT2D eigenvalue weighted by molar-refractivity contribution is 5.89. The monoisotopic (exact) mass is 303 g/mol. The van der Waals surface area contributed by atoms with Crippen LogP contribution < -0.4 is 16.0 Å². The average molecular weight is 303 g/mol. The second kappa shape index (κ2) is 6.68. The minimum Gasteiger partial charge on any atom is -0.439 e. The summed E-state index contributed by atoms with van der Waals surface area (Å²) in [6.07, 6.45) is 5.12. The number of urea groups is 1. The Bertz CT molecular complexity index is 538. The van der Waals surface area contributed by atoms with E-state index in [1.54, 1.807) is 0 Å². The van der Waals surface area contributed by atoms with Crippen LogP contribution in [0.25, 0.3) is 0 Å². The Labute approximate surface area is 129 Å². The van der Waals surface area contributed by atoms with Gasteiger partial charge in [0.1, 0.15) is 6.10 Å². The zero-order valence-corrected chi connectivity index (χ0v) is 12.4. The minimum atomic E-state index is -0.390. The quantitative estimate of drug-likeness (QED) is 0.803. The molecule has 1 aromatic carbocycles. The molecule has 1 atom stereocenters. The Morgan fingerprint density at radius 1 is 1.14 bits per heavy atom. The number of hydrogen-bond donors (Lipinski definition) is 3. The van der Waals surface area contributed by atoms with Crippen LogP contribution in [0.5, 0.6) is 0 Å². The predicted molar refractivity (Wildman–Crippen MR) is 82.7 cm³/mol. The van der Waals surface area contributed by atoms with Crippen molar-refractivity contribution >= 4 is 17.8 Å². The smallest absolute Gasteiger partial charge is 0.407 e. The van der Waals surface area contributed by atoms with Gasteiger partial charge in [-0.3, -0.25) is 0 Å². The van der Waals surface area contributed by atoms with Crippen molar-refractivity contribution in [2.75, 3.05) is 11.9 Å². The first-order chi connectivity index (χ1) is 10.7. The van der Waals surface area contributed by atoms with E-state index < -0.39 is 0 Å². The summed E-state index contributed by atoms with van der Waals surface area (Å²) in [6, 6.07) is 7.50. The van der Waals surface area contributed by atoms with E-state index in [0.29, 0.717) is 6.54 Å². The van der Waals surface area contributed by atoms with Crippen molar-refractivity contribution < 1.29 is 14.3 Å². The first-order valence-corrected chi connectivity index (χ1v) is 7.83.